The minimum absolute atomic E-state index is 0.0250. The molecule has 280 valence electrons. The van der Waals surface area contributed by atoms with Gasteiger partial charge in [-0.3, -0.25) is 4.79 Å². The van der Waals surface area contributed by atoms with E-state index in [0.29, 0.717) is 5.92 Å². The molecule has 4 aromatic rings. The third-order valence-electron chi connectivity index (χ3n) is 11.3. The first-order chi connectivity index (χ1) is 25.0. The SMILES string of the molecule is CCN(CC)c1ccc(C(c2ccc(N(CC)CC)cc2)c2ccc(NC3CCCC(OC(=O)C(CC(C)C)C(C)(C)C)C3)c3ccccc23)cc1. The summed E-state index contributed by atoms with van der Waals surface area (Å²) in [6, 6.07) is 32.2. The lowest BCUT2D eigenvalue weighted by molar-refractivity contribution is -0.160. The Balaban J connectivity index is 1.46. The highest BCUT2D eigenvalue weighted by molar-refractivity contribution is 5.97. The number of rotatable bonds is 15. The lowest BCUT2D eigenvalue weighted by Gasteiger charge is -2.34. The first-order valence-electron chi connectivity index (χ1n) is 20.2. The van der Waals surface area contributed by atoms with Gasteiger partial charge in [-0.2, -0.15) is 0 Å². The summed E-state index contributed by atoms with van der Waals surface area (Å²) >= 11 is 0. The average molecular weight is 704 g/mol. The monoisotopic (exact) mass is 704 g/mol. The van der Waals surface area contributed by atoms with Crippen molar-refractivity contribution >= 4 is 33.8 Å². The molecule has 0 amide bonds. The van der Waals surface area contributed by atoms with E-state index in [4.69, 9.17) is 4.74 Å². The van der Waals surface area contributed by atoms with Gasteiger partial charge in [-0.25, -0.2) is 0 Å². The predicted molar refractivity (Wildman–Crippen MR) is 223 cm³/mol. The van der Waals surface area contributed by atoms with Crippen LogP contribution in [0, 0.1) is 17.3 Å². The Morgan fingerprint density at radius 2 is 1.29 bits per heavy atom. The van der Waals surface area contributed by atoms with E-state index in [2.05, 4.69) is 162 Å². The van der Waals surface area contributed by atoms with E-state index >= 15 is 0 Å². The molecule has 52 heavy (non-hydrogen) atoms. The van der Waals surface area contributed by atoms with Crippen molar-refractivity contribution in [1.29, 1.82) is 0 Å². The highest BCUT2D eigenvalue weighted by atomic mass is 16.5. The van der Waals surface area contributed by atoms with Gasteiger partial charge in [-0.05, 0) is 117 Å². The molecule has 1 aliphatic carbocycles. The van der Waals surface area contributed by atoms with Gasteiger partial charge in [0.2, 0.25) is 0 Å². The van der Waals surface area contributed by atoms with Crippen LogP contribution in [0.15, 0.2) is 84.9 Å². The minimum Gasteiger partial charge on any atom is -0.462 e. The predicted octanol–water partition coefficient (Wildman–Crippen LogP) is 11.7. The Morgan fingerprint density at radius 3 is 1.79 bits per heavy atom. The normalized spacial score (nSPS) is 17.0. The molecule has 1 fully saturated rings. The van der Waals surface area contributed by atoms with Gasteiger partial charge in [0, 0.05) is 67.0 Å². The Labute approximate surface area is 315 Å². The van der Waals surface area contributed by atoms with Crippen molar-refractivity contribution in [1.82, 2.24) is 0 Å². The van der Waals surface area contributed by atoms with Crippen LogP contribution in [0.2, 0.25) is 0 Å². The van der Waals surface area contributed by atoms with Gasteiger partial charge in [0.15, 0.2) is 0 Å². The third kappa shape index (κ3) is 9.32. The smallest absolute Gasteiger partial charge is 0.309 e. The van der Waals surface area contributed by atoms with E-state index in [1.165, 1.54) is 38.8 Å². The van der Waals surface area contributed by atoms with Crippen LogP contribution in [0.25, 0.3) is 10.8 Å². The minimum atomic E-state index is -0.118. The molecule has 0 aliphatic heterocycles. The van der Waals surface area contributed by atoms with Crippen LogP contribution in [0.1, 0.15) is 117 Å². The van der Waals surface area contributed by atoms with E-state index in [-0.39, 0.29) is 35.4 Å². The zero-order valence-electron chi connectivity index (χ0n) is 33.5. The van der Waals surface area contributed by atoms with E-state index in [0.717, 1.165) is 64.0 Å². The Morgan fingerprint density at radius 1 is 0.750 bits per heavy atom. The number of benzene rings is 4. The molecule has 5 rings (SSSR count). The van der Waals surface area contributed by atoms with Gasteiger partial charge in [-0.1, -0.05) is 89.2 Å². The number of carbonyl (C=O) groups excluding carboxylic acids is 1. The molecular weight excluding hydrogens is 639 g/mol. The second-order valence-electron chi connectivity index (χ2n) is 16.3. The quantitative estimate of drug-likeness (QED) is 0.0986. The zero-order valence-corrected chi connectivity index (χ0v) is 33.5. The first kappa shape index (κ1) is 39.2. The summed E-state index contributed by atoms with van der Waals surface area (Å²) in [5, 5.41) is 6.42. The van der Waals surface area contributed by atoms with Crippen LogP contribution in [0.5, 0.6) is 0 Å². The van der Waals surface area contributed by atoms with Gasteiger partial charge in [-0.15, -0.1) is 0 Å². The molecule has 0 heterocycles. The van der Waals surface area contributed by atoms with Crippen molar-refractivity contribution in [3.63, 3.8) is 0 Å². The fourth-order valence-corrected chi connectivity index (χ4v) is 8.31. The van der Waals surface area contributed by atoms with E-state index in [9.17, 15) is 4.79 Å². The highest BCUT2D eigenvalue weighted by Crippen LogP contribution is 2.40. The summed E-state index contributed by atoms with van der Waals surface area (Å²) in [4.78, 5) is 18.3. The zero-order chi connectivity index (χ0) is 37.4. The fourth-order valence-electron chi connectivity index (χ4n) is 8.31. The van der Waals surface area contributed by atoms with Crippen molar-refractivity contribution in [3.8, 4) is 0 Å². The summed E-state index contributed by atoms with van der Waals surface area (Å²) in [7, 11) is 0. The maximum absolute atomic E-state index is 13.5. The molecule has 1 N–H and O–H groups in total. The third-order valence-corrected chi connectivity index (χ3v) is 11.3. The summed E-state index contributed by atoms with van der Waals surface area (Å²) < 4.78 is 6.27. The standard InChI is InChI=1S/C47H65N3O2/c1-10-49(11-2)37-25-21-34(22-26-37)45(35-23-27-38(28-24-35)50(12-3)13-4)42-29-30-44(41-20-15-14-19-40(41)42)48-36-17-16-18-39(32-36)52-46(51)43(31-33(5)6)47(7,8)9/h14-15,19-30,33,36,39,43,45,48H,10-13,16-18,31-32H2,1-9H3. The maximum Gasteiger partial charge on any atom is 0.309 e. The number of fused-ring (bicyclic) bond motifs is 1. The molecule has 3 unspecified atom stereocenters. The number of hydrogen-bond donors (Lipinski definition) is 1. The molecule has 0 spiro atoms. The van der Waals surface area contributed by atoms with Crippen LogP contribution >= 0.6 is 0 Å². The van der Waals surface area contributed by atoms with Crippen molar-refractivity contribution in [2.24, 2.45) is 17.3 Å². The van der Waals surface area contributed by atoms with E-state index < -0.39 is 0 Å². The first-order valence-corrected chi connectivity index (χ1v) is 20.2. The van der Waals surface area contributed by atoms with Crippen LogP contribution in [0.4, 0.5) is 17.1 Å². The average Bonchev–Trinajstić information content (AvgIpc) is 3.13. The van der Waals surface area contributed by atoms with Crippen LogP contribution in [0.3, 0.4) is 0 Å². The highest BCUT2D eigenvalue weighted by Gasteiger charge is 2.35. The summed E-state index contributed by atoms with van der Waals surface area (Å²) in [5.74, 6) is 0.415. The van der Waals surface area contributed by atoms with Crippen molar-refractivity contribution in [2.45, 2.75) is 112 Å². The summed E-state index contributed by atoms with van der Waals surface area (Å²) in [6.45, 7) is 23.7. The number of nitrogens with one attached hydrogen (secondary N) is 1. The molecule has 1 aliphatic rings. The molecule has 5 heteroatoms. The molecule has 0 radical (unpaired) electrons. The van der Waals surface area contributed by atoms with Gasteiger partial charge in [0.05, 0.1) is 5.92 Å². The molecule has 0 saturated heterocycles. The van der Waals surface area contributed by atoms with Crippen molar-refractivity contribution in [2.75, 3.05) is 41.3 Å². The molecular formula is C47H65N3O2. The Bertz CT molecular complexity index is 1660. The molecule has 0 bridgehead atoms. The van der Waals surface area contributed by atoms with Crippen molar-refractivity contribution in [3.05, 3.63) is 102 Å². The summed E-state index contributed by atoms with van der Waals surface area (Å²) in [5.41, 5.74) is 7.45. The molecule has 0 aromatic heterocycles. The number of ether oxygens (including phenoxy) is 1. The Kier molecular flexibility index (Phi) is 13.3. The van der Waals surface area contributed by atoms with Crippen LogP contribution < -0.4 is 15.1 Å². The number of nitrogens with zero attached hydrogens (tertiary/aromatic N) is 2. The molecule has 5 nitrogen and oxygen atoms in total. The van der Waals surface area contributed by atoms with Crippen LogP contribution in [-0.4, -0.2) is 44.3 Å². The number of carbonyl (C=O) groups is 1. The number of hydrogen-bond acceptors (Lipinski definition) is 5. The topological polar surface area (TPSA) is 44.8 Å². The van der Waals surface area contributed by atoms with E-state index in [1.54, 1.807) is 0 Å². The summed E-state index contributed by atoms with van der Waals surface area (Å²) in [6.07, 6.45) is 4.69. The second-order valence-corrected chi connectivity index (χ2v) is 16.3. The lowest BCUT2D eigenvalue weighted by Crippen LogP contribution is -2.37. The molecule has 1 saturated carbocycles. The number of esters is 1. The van der Waals surface area contributed by atoms with Gasteiger partial charge < -0.3 is 19.9 Å². The number of anilines is 3. The second kappa shape index (κ2) is 17.7. The van der Waals surface area contributed by atoms with Gasteiger partial charge in [0.25, 0.3) is 0 Å². The maximum atomic E-state index is 13.5. The lowest BCUT2D eigenvalue weighted by atomic mass is 9.76. The Hall–Kier alpha value is -3.99. The van der Waals surface area contributed by atoms with Crippen molar-refractivity contribution < 1.29 is 9.53 Å². The molecule has 4 aromatic carbocycles. The largest absolute Gasteiger partial charge is 0.462 e. The van der Waals surface area contributed by atoms with Gasteiger partial charge >= 0.3 is 5.97 Å². The molecule has 3 atom stereocenters. The van der Waals surface area contributed by atoms with E-state index in [1.807, 2.05) is 0 Å². The fraction of sp³-hybridized carbons (Fsp3) is 0.511. The van der Waals surface area contributed by atoms with Crippen LogP contribution in [-0.2, 0) is 9.53 Å². The van der Waals surface area contributed by atoms with Gasteiger partial charge in [0.1, 0.15) is 6.10 Å².